The summed E-state index contributed by atoms with van der Waals surface area (Å²) < 4.78 is 0. The Labute approximate surface area is 108 Å². The van der Waals surface area contributed by atoms with E-state index in [1.54, 1.807) is 6.92 Å². The highest BCUT2D eigenvalue weighted by Crippen LogP contribution is 2.10. The molecule has 0 spiro atoms. The molecule has 1 unspecified atom stereocenters. The van der Waals surface area contributed by atoms with Gasteiger partial charge in [0.05, 0.1) is 0 Å². The van der Waals surface area contributed by atoms with Crippen LogP contribution in [0.25, 0.3) is 0 Å². The van der Waals surface area contributed by atoms with Crippen molar-refractivity contribution in [2.75, 3.05) is 26.7 Å². The topological polar surface area (TPSA) is 32.3 Å². The van der Waals surface area contributed by atoms with Crippen molar-refractivity contribution in [2.24, 2.45) is 5.92 Å². The largest absolute Gasteiger partial charge is 0.314 e. The van der Waals surface area contributed by atoms with Gasteiger partial charge in [0.2, 0.25) is 0 Å². The number of nitrogens with zero attached hydrogens (tertiary/aromatic N) is 1. The molecular formula is C14H32N2O. The zero-order valence-corrected chi connectivity index (χ0v) is 12.8. The van der Waals surface area contributed by atoms with Crippen LogP contribution in [0.15, 0.2) is 0 Å². The fraction of sp³-hybridized carbons (Fsp3) is 0.929. The Bertz CT molecular complexity index is 179. The van der Waals surface area contributed by atoms with E-state index in [2.05, 4.69) is 24.2 Å². The molecule has 1 aliphatic rings. The van der Waals surface area contributed by atoms with Crippen LogP contribution in [0, 0.1) is 5.92 Å². The molecule has 0 aliphatic carbocycles. The van der Waals surface area contributed by atoms with Crippen molar-refractivity contribution in [2.45, 2.75) is 54.0 Å². The molecule has 1 rings (SSSR count). The zero-order valence-electron chi connectivity index (χ0n) is 12.8. The summed E-state index contributed by atoms with van der Waals surface area (Å²) in [6.07, 6.45) is 0.958. The first-order chi connectivity index (χ1) is 8.15. The third-order valence-corrected chi connectivity index (χ3v) is 2.96. The van der Waals surface area contributed by atoms with Gasteiger partial charge in [0.15, 0.2) is 0 Å². The monoisotopic (exact) mass is 244 g/mol. The summed E-state index contributed by atoms with van der Waals surface area (Å²) in [4.78, 5) is 13.5. The van der Waals surface area contributed by atoms with E-state index in [1.165, 1.54) is 0 Å². The minimum Gasteiger partial charge on any atom is -0.314 e. The van der Waals surface area contributed by atoms with E-state index in [0.29, 0.717) is 11.8 Å². The Hall–Kier alpha value is -0.410. The lowest BCUT2D eigenvalue weighted by Crippen LogP contribution is -2.56. The number of hydrogen-bond acceptors (Lipinski definition) is 3. The second-order valence-corrected chi connectivity index (χ2v) is 3.97. The zero-order chi connectivity index (χ0) is 13.8. The summed E-state index contributed by atoms with van der Waals surface area (Å²) >= 11 is 0. The molecule has 3 heteroatoms. The summed E-state index contributed by atoms with van der Waals surface area (Å²) in [5.74, 6) is 0.548. The minimum absolute atomic E-state index is 0.227. The van der Waals surface area contributed by atoms with E-state index >= 15 is 0 Å². The normalized spacial score (nSPS) is 16.0. The van der Waals surface area contributed by atoms with Crippen molar-refractivity contribution in [3.05, 3.63) is 0 Å². The van der Waals surface area contributed by atoms with Crippen LogP contribution in [0.2, 0.25) is 0 Å². The molecule has 104 valence electrons. The maximum absolute atomic E-state index is 11.2. The first-order valence-electron chi connectivity index (χ1n) is 7.06. The molecule has 1 aliphatic heterocycles. The van der Waals surface area contributed by atoms with Crippen LogP contribution in [0.5, 0.6) is 0 Å². The second kappa shape index (κ2) is 12.1. The van der Waals surface area contributed by atoms with Crippen molar-refractivity contribution in [1.82, 2.24) is 10.2 Å². The van der Waals surface area contributed by atoms with Crippen molar-refractivity contribution >= 4 is 5.78 Å². The molecule has 0 aromatic heterocycles. The van der Waals surface area contributed by atoms with Crippen LogP contribution in [-0.4, -0.2) is 43.4 Å². The highest BCUT2D eigenvalue weighted by molar-refractivity contribution is 5.78. The first kappa shape index (κ1) is 18.9. The lowest BCUT2D eigenvalue weighted by molar-refractivity contribution is -0.121. The Kier molecular flexibility index (Phi) is 13.4. The van der Waals surface area contributed by atoms with Gasteiger partial charge in [0.1, 0.15) is 5.78 Å². The van der Waals surface area contributed by atoms with Gasteiger partial charge in [0, 0.05) is 31.6 Å². The van der Waals surface area contributed by atoms with E-state index in [4.69, 9.17) is 0 Å². The number of likely N-dealkylation sites (N-methyl/N-ethyl adjacent to an activating group) is 1. The third-order valence-electron chi connectivity index (χ3n) is 2.96. The van der Waals surface area contributed by atoms with Gasteiger partial charge in [-0.25, -0.2) is 0 Å². The van der Waals surface area contributed by atoms with Crippen molar-refractivity contribution in [1.29, 1.82) is 0 Å². The standard InChI is InChI=1S/C10H20N2O.2C2H6/c1-4-9(8(2)13)7-12(3)10-5-11-6-10;2*1-2/h9-11H,4-7H2,1-3H3;2*1-2H3. The minimum atomic E-state index is 0.227. The fourth-order valence-corrected chi connectivity index (χ4v) is 1.63. The van der Waals surface area contributed by atoms with Gasteiger partial charge in [-0.3, -0.25) is 4.79 Å². The SMILES string of the molecule is CC.CC.CCC(CN(C)C1CNC1)C(C)=O. The summed E-state index contributed by atoms with van der Waals surface area (Å²) in [5.41, 5.74) is 0. The average Bonchev–Trinajstić information content (AvgIpc) is 2.28. The van der Waals surface area contributed by atoms with Crippen LogP contribution in [0.3, 0.4) is 0 Å². The number of carbonyl (C=O) groups is 1. The van der Waals surface area contributed by atoms with Gasteiger partial charge in [-0.1, -0.05) is 34.6 Å². The maximum Gasteiger partial charge on any atom is 0.134 e. The summed E-state index contributed by atoms with van der Waals surface area (Å²) in [6.45, 7) is 14.8. The van der Waals surface area contributed by atoms with Gasteiger partial charge in [-0.15, -0.1) is 0 Å². The smallest absolute Gasteiger partial charge is 0.134 e. The predicted octanol–water partition coefficient (Wildman–Crippen LogP) is 2.56. The molecule has 0 radical (unpaired) electrons. The lowest BCUT2D eigenvalue weighted by Gasteiger charge is -2.37. The number of rotatable bonds is 5. The average molecular weight is 244 g/mol. The maximum atomic E-state index is 11.2. The van der Waals surface area contributed by atoms with Crippen LogP contribution >= 0.6 is 0 Å². The number of carbonyl (C=O) groups excluding carboxylic acids is 1. The summed E-state index contributed by atoms with van der Waals surface area (Å²) in [7, 11) is 2.11. The fourth-order valence-electron chi connectivity index (χ4n) is 1.63. The second-order valence-electron chi connectivity index (χ2n) is 3.97. The highest BCUT2D eigenvalue weighted by Gasteiger charge is 2.24. The molecule has 1 atom stereocenters. The van der Waals surface area contributed by atoms with E-state index in [0.717, 1.165) is 26.1 Å². The van der Waals surface area contributed by atoms with Crippen molar-refractivity contribution < 1.29 is 4.79 Å². The summed E-state index contributed by atoms with van der Waals surface area (Å²) in [6, 6.07) is 0.647. The number of nitrogens with one attached hydrogen (secondary N) is 1. The Morgan fingerprint density at radius 2 is 1.76 bits per heavy atom. The molecule has 1 fully saturated rings. The van der Waals surface area contributed by atoms with Crippen LogP contribution in [-0.2, 0) is 4.79 Å². The van der Waals surface area contributed by atoms with Crippen LogP contribution in [0.1, 0.15) is 48.0 Å². The molecular weight excluding hydrogens is 212 g/mol. The molecule has 0 aromatic rings. The summed E-state index contributed by atoms with van der Waals surface area (Å²) in [5, 5.41) is 3.24. The van der Waals surface area contributed by atoms with E-state index < -0.39 is 0 Å². The van der Waals surface area contributed by atoms with Crippen molar-refractivity contribution in [3.8, 4) is 0 Å². The Morgan fingerprint density at radius 1 is 1.29 bits per heavy atom. The lowest BCUT2D eigenvalue weighted by atomic mass is 10.00. The van der Waals surface area contributed by atoms with Crippen molar-refractivity contribution in [3.63, 3.8) is 0 Å². The quantitative estimate of drug-likeness (QED) is 0.806. The Morgan fingerprint density at radius 3 is 2.00 bits per heavy atom. The van der Waals surface area contributed by atoms with Gasteiger partial charge in [0.25, 0.3) is 0 Å². The van der Waals surface area contributed by atoms with Crippen LogP contribution < -0.4 is 5.32 Å². The number of ketones is 1. The van der Waals surface area contributed by atoms with E-state index in [1.807, 2.05) is 27.7 Å². The molecule has 1 N–H and O–H groups in total. The van der Waals surface area contributed by atoms with Gasteiger partial charge in [-0.2, -0.15) is 0 Å². The number of Topliss-reactive ketones (excluding diaryl/α,β-unsaturated/α-hetero) is 1. The number of hydrogen-bond donors (Lipinski definition) is 1. The molecule has 0 amide bonds. The molecule has 1 saturated heterocycles. The van der Waals surface area contributed by atoms with E-state index in [9.17, 15) is 4.79 Å². The molecule has 0 bridgehead atoms. The molecule has 0 saturated carbocycles. The Balaban J connectivity index is 0. The molecule has 3 nitrogen and oxygen atoms in total. The third kappa shape index (κ3) is 7.50. The predicted molar refractivity (Wildman–Crippen MR) is 76.4 cm³/mol. The van der Waals surface area contributed by atoms with E-state index in [-0.39, 0.29) is 5.92 Å². The first-order valence-corrected chi connectivity index (χ1v) is 7.06. The molecule has 1 heterocycles. The van der Waals surface area contributed by atoms with Gasteiger partial charge >= 0.3 is 0 Å². The van der Waals surface area contributed by atoms with Gasteiger partial charge < -0.3 is 10.2 Å². The van der Waals surface area contributed by atoms with Crippen LogP contribution in [0.4, 0.5) is 0 Å². The van der Waals surface area contributed by atoms with Gasteiger partial charge in [-0.05, 0) is 20.4 Å². The molecule has 17 heavy (non-hydrogen) atoms. The highest BCUT2D eigenvalue weighted by atomic mass is 16.1. The molecule has 0 aromatic carbocycles.